The summed E-state index contributed by atoms with van der Waals surface area (Å²) in [4.78, 5) is 0. The number of hydrogen-bond acceptors (Lipinski definition) is 2. The molecule has 0 fully saturated rings. The first-order valence-electron chi connectivity index (χ1n) is 5.04. The summed E-state index contributed by atoms with van der Waals surface area (Å²) in [6.07, 6.45) is 3.43. The molecule has 1 N–H and O–H groups in total. The molecule has 78 valence electrons. The minimum Gasteiger partial charge on any atom is -0.389 e. The van der Waals surface area contributed by atoms with Crippen molar-refractivity contribution in [2.75, 3.05) is 6.61 Å². The molecule has 0 aliphatic rings. The van der Waals surface area contributed by atoms with E-state index in [2.05, 4.69) is 20.4 Å². The molecule has 0 spiro atoms. The number of rotatable bonds is 7. The number of hydrogen-bond donors (Lipinski definition) is 1. The van der Waals surface area contributed by atoms with E-state index in [1.54, 1.807) is 6.08 Å². The Labute approximate surface area is 81.6 Å². The van der Waals surface area contributed by atoms with Crippen molar-refractivity contribution in [3.05, 3.63) is 12.7 Å². The first-order chi connectivity index (χ1) is 6.11. The van der Waals surface area contributed by atoms with Crippen LogP contribution in [0.25, 0.3) is 0 Å². The molecule has 0 aromatic carbocycles. The average Bonchev–Trinajstić information content (AvgIpc) is 2.15. The van der Waals surface area contributed by atoms with Gasteiger partial charge in [-0.15, -0.1) is 6.58 Å². The Morgan fingerprint density at radius 3 is 2.54 bits per heavy atom. The maximum absolute atomic E-state index is 9.38. The van der Waals surface area contributed by atoms with Crippen LogP contribution >= 0.6 is 0 Å². The fourth-order valence-corrected chi connectivity index (χ4v) is 0.976. The van der Waals surface area contributed by atoms with Gasteiger partial charge in [0, 0.05) is 6.61 Å². The molecular formula is C11H22O2. The fraction of sp³-hybridized carbons (Fsp3) is 0.818. The Morgan fingerprint density at radius 1 is 1.46 bits per heavy atom. The molecule has 3 unspecified atom stereocenters. The molecular weight excluding hydrogens is 164 g/mol. The van der Waals surface area contributed by atoms with E-state index in [0.717, 1.165) is 19.4 Å². The second-order valence-corrected chi connectivity index (χ2v) is 3.58. The normalized spacial score (nSPS) is 17.8. The van der Waals surface area contributed by atoms with Crippen molar-refractivity contribution >= 4 is 0 Å². The predicted octanol–water partition coefficient (Wildman–Crippen LogP) is 2.37. The third-order valence-electron chi connectivity index (χ3n) is 2.37. The zero-order valence-corrected chi connectivity index (χ0v) is 8.99. The highest BCUT2D eigenvalue weighted by Crippen LogP contribution is 2.09. The van der Waals surface area contributed by atoms with Gasteiger partial charge in [0.2, 0.25) is 0 Å². The van der Waals surface area contributed by atoms with Gasteiger partial charge in [-0.2, -0.15) is 0 Å². The summed E-state index contributed by atoms with van der Waals surface area (Å²) in [6, 6.07) is 0. The van der Waals surface area contributed by atoms with Crippen LogP contribution in [0.2, 0.25) is 0 Å². The summed E-state index contributed by atoms with van der Waals surface area (Å²) in [7, 11) is 0. The van der Waals surface area contributed by atoms with Crippen LogP contribution in [0.5, 0.6) is 0 Å². The zero-order chi connectivity index (χ0) is 10.3. The lowest BCUT2D eigenvalue weighted by molar-refractivity contribution is 0.0433. The minimum atomic E-state index is -0.402. The molecule has 0 bridgehead atoms. The van der Waals surface area contributed by atoms with Gasteiger partial charge in [0.25, 0.3) is 0 Å². The van der Waals surface area contributed by atoms with Crippen LogP contribution in [0.3, 0.4) is 0 Å². The zero-order valence-electron chi connectivity index (χ0n) is 8.99. The van der Waals surface area contributed by atoms with Gasteiger partial charge in [-0.3, -0.25) is 0 Å². The molecule has 0 heterocycles. The summed E-state index contributed by atoms with van der Waals surface area (Å²) < 4.78 is 5.51. The van der Waals surface area contributed by atoms with E-state index in [1.165, 1.54) is 0 Å². The fourth-order valence-electron chi connectivity index (χ4n) is 0.976. The van der Waals surface area contributed by atoms with Crippen LogP contribution in [0.1, 0.15) is 33.6 Å². The lowest BCUT2D eigenvalue weighted by Gasteiger charge is -2.16. The third kappa shape index (κ3) is 5.83. The monoisotopic (exact) mass is 186 g/mol. The Balaban J connectivity index is 3.47. The molecule has 3 atom stereocenters. The van der Waals surface area contributed by atoms with Crippen molar-refractivity contribution in [3.63, 3.8) is 0 Å². The van der Waals surface area contributed by atoms with Crippen LogP contribution in [0.15, 0.2) is 12.7 Å². The van der Waals surface area contributed by atoms with E-state index in [-0.39, 0.29) is 5.92 Å². The molecule has 0 rings (SSSR count). The highest BCUT2D eigenvalue weighted by Gasteiger charge is 2.10. The van der Waals surface area contributed by atoms with E-state index in [9.17, 15) is 5.11 Å². The summed E-state index contributed by atoms with van der Waals surface area (Å²) in [5.41, 5.74) is 0. The molecule has 0 aromatic heterocycles. The quantitative estimate of drug-likeness (QED) is 0.618. The van der Waals surface area contributed by atoms with E-state index < -0.39 is 6.10 Å². The molecule has 2 heteroatoms. The van der Waals surface area contributed by atoms with Crippen molar-refractivity contribution in [1.29, 1.82) is 0 Å². The minimum absolute atomic E-state index is 0.238. The topological polar surface area (TPSA) is 29.5 Å². The maximum Gasteiger partial charge on any atom is 0.0744 e. The summed E-state index contributed by atoms with van der Waals surface area (Å²) >= 11 is 0. The Kier molecular flexibility index (Phi) is 6.92. The van der Waals surface area contributed by atoms with Gasteiger partial charge in [0.05, 0.1) is 12.2 Å². The molecule has 0 saturated carbocycles. The largest absolute Gasteiger partial charge is 0.389 e. The molecule has 0 aromatic rings. The lowest BCUT2D eigenvalue weighted by Crippen LogP contribution is -2.18. The third-order valence-corrected chi connectivity index (χ3v) is 2.37. The van der Waals surface area contributed by atoms with E-state index in [1.807, 2.05) is 6.92 Å². The van der Waals surface area contributed by atoms with E-state index in [0.29, 0.717) is 6.10 Å². The molecule has 0 saturated heterocycles. The smallest absolute Gasteiger partial charge is 0.0744 e. The van der Waals surface area contributed by atoms with Crippen molar-refractivity contribution in [3.8, 4) is 0 Å². The van der Waals surface area contributed by atoms with Gasteiger partial charge in [-0.05, 0) is 25.7 Å². The van der Waals surface area contributed by atoms with Crippen LogP contribution in [-0.2, 0) is 4.74 Å². The number of aliphatic hydroxyl groups excluding tert-OH is 1. The SMILES string of the molecule is C=CC(O)C(C)CCOC(C)CC. The summed E-state index contributed by atoms with van der Waals surface area (Å²) in [5.74, 6) is 0.238. The van der Waals surface area contributed by atoms with E-state index in [4.69, 9.17) is 4.74 Å². The second-order valence-electron chi connectivity index (χ2n) is 3.58. The standard InChI is InChI=1S/C11H22O2/c1-5-10(4)13-8-7-9(3)11(12)6-2/h6,9-12H,2,5,7-8H2,1,3-4H3. The molecule has 0 aliphatic carbocycles. The Bertz CT molecular complexity index is 134. The molecule has 0 amide bonds. The Hall–Kier alpha value is -0.340. The van der Waals surface area contributed by atoms with Crippen molar-refractivity contribution in [2.24, 2.45) is 5.92 Å². The van der Waals surface area contributed by atoms with Crippen LogP contribution in [-0.4, -0.2) is 23.9 Å². The maximum atomic E-state index is 9.38. The van der Waals surface area contributed by atoms with Crippen LogP contribution in [0, 0.1) is 5.92 Å². The van der Waals surface area contributed by atoms with Crippen LogP contribution < -0.4 is 0 Å². The lowest BCUT2D eigenvalue weighted by atomic mass is 10.0. The summed E-state index contributed by atoms with van der Waals surface area (Å²) in [6.45, 7) is 10.4. The predicted molar refractivity (Wildman–Crippen MR) is 55.7 cm³/mol. The molecule has 0 radical (unpaired) electrons. The van der Waals surface area contributed by atoms with Gasteiger partial charge in [-0.25, -0.2) is 0 Å². The van der Waals surface area contributed by atoms with Gasteiger partial charge in [-0.1, -0.05) is 19.9 Å². The van der Waals surface area contributed by atoms with Gasteiger partial charge in [0.1, 0.15) is 0 Å². The van der Waals surface area contributed by atoms with Gasteiger partial charge >= 0.3 is 0 Å². The van der Waals surface area contributed by atoms with Crippen molar-refractivity contribution in [2.45, 2.75) is 45.8 Å². The average molecular weight is 186 g/mol. The highest BCUT2D eigenvalue weighted by molar-refractivity contribution is 4.81. The first kappa shape index (κ1) is 12.7. The van der Waals surface area contributed by atoms with Gasteiger partial charge in [0.15, 0.2) is 0 Å². The highest BCUT2D eigenvalue weighted by atomic mass is 16.5. The van der Waals surface area contributed by atoms with Crippen LogP contribution in [0.4, 0.5) is 0 Å². The van der Waals surface area contributed by atoms with Crippen molar-refractivity contribution < 1.29 is 9.84 Å². The number of aliphatic hydroxyl groups is 1. The summed E-state index contributed by atoms with van der Waals surface area (Å²) in [5, 5.41) is 9.38. The molecule has 2 nitrogen and oxygen atoms in total. The molecule has 0 aliphatic heterocycles. The number of ether oxygens (including phenoxy) is 1. The van der Waals surface area contributed by atoms with Gasteiger partial charge < -0.3 is 9.84 Å². The molecule has 13 heavy (non-hydrogen) atoms. The van der Waals surface area contributed by atoms with Crippen molar-refractivity contribution in [1.82, 2.24) is 0 Å². The first-order valence-corrected chi connectivity index (χ1v) is 5.04. The Morgan fingerprint density at radius 2 is 2.08 bits per heavy atom. The second kappa shape index (κ2) is 7.10. The van der Waals surface area contributed by atoms with E-state index >= 15 is 0 Å².